The fourth-order valence-corrected chi connectivity index (χ4v) is 10.8. The van der Waals surface area contributed by atoms with E-state index in [-0.39, 0.29) is 5.41 Å². The lowest BCUT2D eigenvalue weighted by molar-refractivity contribution is 0.660. The molecule has 272 valence electrons. The lowest BCUT2D eigenvalue weighted by Gasteiger charge is -2.37. The molecular weight excluding hydrogens is 687 g/mol. The largest absolute Gasteiger partial charge is 0.310 e. The fraction of sp³-hybridized carbons (Fsp3) is 0.143. The van der Waals surface area contributed by atoms with Crippen LogP contribution in [0.3, 0.4) is 0 Å². The van der Waals surface area contributed by atoms with Gasteiger partial charge in [-0.2, -0.15) is 0 Å². The highest BCUT2D eigenvalue weighted by atomic mass is 15.1. The summed E-state index contributed by atoms with van der Waals surface area (Å²) in [6.07, 6.45) is 4.67. The molecule has 12 rings (SSSR count). The van der Waals surface area contributed by atoms with E-state index in [1.54, 1.807) is 0 Å². The second-order valence-corrected chi connectivity index (χ2v) is 17.1. The molecule has 57 heavy (non-hydrogen) atoms. The predicted molar refractivity (Wildman–Crippen MR) is 236 cm³/mol. The first-order chi connectivity index (χ1) is 28.0. The number of rotatable bonds is 6. The van der Waals surface area contributed by atoms with Gasteiger partial charge in [0.2, 0.25) is 0 Å². The van der Waals surface area contributed by atoms with Gasteiger partial charge in [-0.05, 0) is 139 Å². The monoisotopic (exact) mass is 729 g/mol. The molecule has 4 aliphatic carbocycles. The Morgan fingerprint density at radius 1 is 0.386 bits per heavy atom. The van der Waals surface area contributed by atoms with Crippen LogP contribution in [0.15, 0.2) is 176 Å². The first-order valence-electron chi connectivity index (χ1n) is 20.7. The zero-order valence-electron chi connectivity index (χ0n) is 32.5. The molecule has 1 heteroatoms. The topological polar surface area (TPSA) is 3.24 Å². The summed E-state index contributed by atoms with van der Waals surface area (Å²) in [7, 11) is 0. The van der Waals surface area contributed by atoms with Crippen LogP contribution >= 0.6 is 0 Å². The SMILES string of the molecule is CC1(C)c2ccccc2-c2ccc(N(c3ccc(-c4ccccc4)cc3)c3cccc4c3-c3ccccc3C4(c3ccc4c(c3)CC4)c3ccc4c(c3)CC4)cc21. The highest BCUT2D eigenvalue weighted by Crippen LogP contribution is 2.60. The molecule has 8 aromatic carbocycles. The molecule has 0 spiro atoms. The molecule has 0 saturated carbocycles. The Balaban J connectivity index is 1.13. The van der Waals surface area contributed by atoms with Crippen LogP contribution in [0.5, 0.6) is 0 Å². The van der Waals surface area contributed by atoms with Crippen LogP contribution in [-0.4, -0.2) is 0 Å². The molecule has 4 aliphatic rings. The van der Waals surface area contributed by atoms with Crippen molar-refractivity contribution < 1.29 is 0 Å². The van der Waals surface area contributed by atoms with Crippen molar-refractivity contribution in [2.24, 2.45) is 0 Å². The number of nitrogens with zero attached hydrogens (tertiary/aromatic N) is 1. The molecular formula is C56H43N. The molecule has 8 aromatic rings. The Kier molecular flexibility index (Phi) is 6.92. The molecule has 0 saturated heterocycles. The molecule has 0 unspecified atom stereocenters. The van der Waals surface area contributed by atoms with E-state index >= 15 is 0 Å². The first-order valence-corrected chi connectivity index (χ1v) is 20.7. The average molecular weight is 730 g/mol. The van der Waals surface area contributed by atoms with E-state index in [4.69, 9.17) is 0 Å². The number of hydrogen-bond donors (Lipinski definition) is 0. The Morgan fingerprint density at radius 3 is 1.61 bits per heavy atom. The van der Waals surface area contributed by atoms with Crippen LogP contribution in [-0.2, 0) is 36.5 Å². The number of fused-ring (bicyclic) bond motifs is 8. The van der Waals surface area contributed by atoms with Crippen molar-refractivity contribution in [1.82, 2.24) is 0 Å². The van der Waals surface area contributed by atoms with E-state index in [1.165, 1.54) is 113 Å². The normalized spacial score (nSPS) is 15.5. The maximum absolute atomic E-state index is 2.54. The maximum atomic E-state index is 2.54. The van der Waals surface area contributed by atoms with Crippen LogP contribution in [0.4, 0.5) is 17.1 Å². The van der Waals surface area contributed by atoms with Crippen molar-refractivity contribution >= 4 is 17.1 Å². The first kappa shape index (κ1) is 32.8. The van der Waals surface area contributed by atoms with Gasteiger partial charge in [-0.1, -0.05) is 159 Å². The van der Waals surface area contributed by atoms with E-state index in [9.17, 15) is 0 Å². The van der Waals surface area contributed by atoms with E-state index in [0.717, 1.165) is 18.5 Å². The van der Waals surface area contributed by atoms with Crippen molar-refractivity contribution in [2.45, 2.75) is 50.4 Å². The second-order valence-electron chi connectivity index (χ2n) is 17.1. The highest BCUT2D eigenvalue weighted by molar-refractivity contribution is 5.98. The van der Waals surface area contributed by atoms with Gasteiger partial charge in [0.1, 0.15) is 0 Å². The van der Waals surface area contributed by atoms with Gasteiger partial charge in [-0.3, -0.25) is 0 Å². The van der Waals surface area contributed by atoms with Gasteiger partial charge in [0, 0.05) is 22.4 Å². The smallest absolute Gasteiger partial charge is 0.0714 e. The van der Waals surface area contributed by atoms with Crippen LogP contribution in [0.25, 0.3) is 33.4 Å². The number of hydrogen-bond acceptors (Lipinski definition) is 1. The van der Waals surface area contributed by atoms with Crippen LogP contribution in [0.2, 0.25) is 0 Å². The van der Waals surface area contributed by atoms with Crippen LogP contribution < -0.4 is 4.90 Å². The molecule has 0 aliphatic heterocycles. The minimum atomic E-state index is -0.443. The summed E-state index contributed by atoms with van der Waals surface area (Å²) in [6.45, 7) is 4.77. The lowest BCUT2D eigenvalue weighted by atomic mass is 9.65. The molecule has 0 bridgehead atoms. The van der Waals surface area contributed by atoms with Crippen LogP contribution in [0.1, 0.15) is 69.5 Å². The molecule has 0 amide bonds. The maximum Gasteiger partial charge on any atom is 0.0714 e. The standard InChI is InChI=1S/C56H43N/c1-55(2)49-15-8-6-13-46(49)47-32-31-45(35-52(47)55)57(44-29-25-37(26-30-44)36-11-4-3-5-12-36)53-18-10-17-51-54(53)48-14-7-9-16-50(48)56(51,42-27-23-38-19-21-40(38)33-42)43-28-24-39-20-22-41(39)34-43/h3-18,23-35H,19-22H2,1-2H3. The Morgan fingerprint density at radius 2 is 0.947 bits per heavy atom. The second kappa shape index (κ2) is 12.0. The van der Waals surface area contributed by atoms with E-state index in [0.29, 0.717) is 0 Å². The summed E-state index contributed by atoms with van der Waals surface area (Å²) >= 11 is 0. The van der Waals surface area contributed by atoms with Gasteiger partial charge in [-0.15, -0.1) is 0 Å². The quantitative estimate of drug-likeness (QED) is 0.165. The lowest BCUT2D eigenvalue weighted by Crippen LogP contribution is -2.30. The van der Waals surface area contributed by atoms with E-state index in [1.807, 2.05) is 0 Å². The molecule has 0 heterocycles. The average Bonchev–Trinajstić information content (AvgIpc) is 3.66. The van der Waals surface area contributed by atoms with Gasteiger partial charge in [0.05, 0.1) is 11.1 Å². The highest BCUT2D eigenvalue weighted by Gasteiger charge is 2.48. The Labute approximate surface area is 335 Å². The van der Waals surface area contributed by atoms with Crippen molar-refractivity contribution in [1.29, 1.82) is 0 Å². The van der Waals surface area contributed by atoms with Gasteiger partial charge in [0.15, 0.2) is 0 Å². The van der Waals surface area contributed by atoms with Gasteiger partial charge in [-0.25, -0.2) is 0 Å². The minimum Gasteiger partial charge on any atom is -0.310 e. The Hall–Kier alpha value is -6.44. The molecule has 0 aromatic heterocycles. The summed E-state index contributed by atoms with van der Waals surface area (Å²) in [4.78, 5) is 2.54. The van der Waals surface area contributed by atoms with Crippen molar-refractivity contribution in [3.63, 3.8) is 0 Å². The fourth-order valence-electron chi connectivity index (χ4n) is 10.8. The summed E-state index contributed by atoms with van der Waals surface area (Å²) in [5.41, 5.74) is 25.0. The van der Waals surface area contributed by atoms with Gasteiger partial charge < -0.3 is 4.90 Å². The van der Waals surface area contributed by atoms with Crippen LogP contribution in [0, 0.1) is 0 Å². The third-order valence-electron chi connectivity index (χ3n) is 14.0. The number of anilines is 3. The minimum absolute atomic E-state index is 0.116. The summed E-state index contributed by atoms with van der Waals surface area (Å²) in [5.74, 6) is 0. The van der Waals surface area contributed by atoms with Gasteiger partial charge in [0.25, 0.3) is 0 Å². The van der Waals surface area contributed by atoms with Crippen molar-refractivity contribution in [3.05, 3.63) is 232 Å². The molecule has 0 N–H and O–H groups in total. The third-order valence-corrected chi connectivity index (χ3v) is 14.0. The molecule has 1 nitrogen and oxygen atoms in total. The van der Waals surface area contributed by atoms with Crippen molar-refractivity contribution in [2.75, 3.05) is 4.90 Å². The summed E-state index contributed by atoms with van der Waals surface area (Å²) in [5, 5.41) is 0. The molecule has 0 radical (unpaired) electrons. The number of benzene rings is 8. The third kappa shape index (κ3) is 4.57. The van der Waals surface area contributed by atoms with E-state index < -0.39 is 5.41 Å². The molecule has 0 atom stereocenters. The predicted octanol–water partition coefficient (Wildman–Crippen LogP) is 13.7. The van der Waals surface area contributed by atoms with Crippen molar-refractivity contribution in [3.8, 4) is 33.4 Å². The van der Waals surface area contributed by atoms with E-state index in [2.05, 4.69) is 195 Å². The Bertz CT molecular complexity index is 2870. The molecule has 0 fully saturated rings. The number of aryl methyl sites for hydroxylation is 4. The zero-order valence-corrected chi connectivity index (χ0v) is 32.5. The summed E-state index contributed by atoms with van der Waals surface area (Å²) < 4.78 is 0. The zero-order chi connectivity index (χ0) is 37.9. The van der Waals surface area contributed by atoms with Gasteiger partial charge >= 0.3 is 0 Å². The summed E-state index contributed by atoms with van der Waals surface area (Å²) in [6, 6.07) is 67.2.